The van der Waals surface area contributed by atoms with Crippen LogP contribution < -0.4 is 9.47 Å². The van der Waals surface area contributed by atoms with E-state index >= 15 is 0 Å². The SMILES string of the molecule is c1ccc(-n2ccc3c2C(c2ccccc2)(c2ccccc2)c2ccc4c(c2O3)Oc2ccn(-c3ccccc3)c2C4(c2ccccc2)c2ccccc2)cc1. The van der Waals surface area contributed by atoms with Crippen molar-refractivity contribution in [3.63, 3.8) is 0 Å². The zero-order valence-corrected chi connectivity index (χ0v) is 30.5. The molecule has 0 radical (unpaired) electrons. The molecule has 266 valence electrons. The second-order valence-corrected chi connectivity index (χ2v) is 14.5. The van der Waals surface area contributed by atoms with E-state index in [0.29, 0.717) is 11.5 Å². The normalized spacial score (nSPS) is 14.3. The van der Waals surface area contributed by atoms with Gasteiger partial charge in [0.05, 0.1) is 22.2 Å². The highest BCUT2D eigenvalue weighted by atomic mass is 16.5. The molecule has 2 aliphatic rings. The first-order valence-corrected chi connectivity index (χ1v) is 19.1. The Hall–Kier alpha value is -7.30. The molecule has 11 rings (SSSR count). The maximum atomic E-state index is 7.30. The van der Waals surface area contributed by atoms with Crippen molar-refractivity contribution in [3.8, 4) is 34.4 Å². The molecule has 0 saturated carbocycles. The highest BCUT2D eigenvalue weighted by molar-refractivity contribution is 5.78. The second-order valence-electron chi connectivity index (χ2n) is 14.5. The van der Waals surface area contributed by atoms with Crippen molar-refractivity contribution in [1.82, 2.24) is 9.13 Å². The Morgan fingerprint density at radius 2 is 0.589 bits per heavy atom. The molecule has 0 unspecified atom stereocenters. The van der Waals surface area contributed by atoms with Gasteiger partial charge in [0.1, 0.15) is 0 Å². The Morgan fingerprint density at radius 1 is 0.304 bits per heavy atom. The third-order valence-corrected chi connectivity index (χ3v) is 11.6. The lowest BCUT2D eigenvalue weighted by molar-refractivity contribution is 0.368. The number of benzene rings is 7. The molecule has 4 nitrogen and oxygen atoms in total. The molecule has 56 heavy (non-hydrogen) atoms. The number of hydrogen-bond acceptors (Lipinski definition) is 2. The van der Waals surface area contributed by atoms with Crippen LogP contribution in [0, 0.1) is 0 Å². The lowest BCUT2D eigenvalue weighted by Gasteiger charge is -2.45. The monoisotopic (exact) mass is 720 g/mol. The minimum atomic E-state index is -0.776. The summed E-state index contributed by atoms with van der Waals surface area (Å²) in [5.74, 6) is 2.98. The van der Waals surface area contributed by atoms with Gasteiger partial charge in [-0.2, -0.15) is 0 Å². The molecule has 0 bridgehead atoms. The van der Waals surface area contributed by atoms with E-state index in [-0.39, 0.29) is 0 Å². The van der Waals surface area contributed by atoms with Crippen molar-refractivity contribution in [1.29, 1.82) is 0 Å². The molecule has 0 aliphatic carbocycles. The molecule has 0 spiro atoms. The number of nitrogens with zero attached hydrogens (tertiary/aromatic N) is 2. The molecule has 4 heterocycles. The van der Waals surface area contributed by atoms with Gasteiger partial charge in [0.2, 0.25) is 0 Å². The molecule has 0 N–H and O–H groups in total. The van der Waals surface area contributed by atoms with Gasteiger partial charge in [-0.25, -0.2) is 0 Å². The molecule has 0 amide bonds. The van der Waals surface area contributed by atoms with Crippen LogP contribution in [0.5, 0.6) is 23.0 Å². The van der Waals surface area contributed by atoms with Crippen molar-refractivity contribution in [3.05, 3.63) is 263 Å². The van der Waals surface area contributed by atoms with Crippen LogP contribution in [0.1, 0.15) is 44.8 Å². The Morgan fingerprint density at radius 3 is 0.893 bits per heavy atom. The molecule has 0 fully saturated rings. The minimum absolute atomic E-state index is 0.711. The predicted molar refractivity (Wildman–Crippen MR) is 222 cm³/mol. The number of para-hydroxylation sites is 2. The summed E-state index contributed by atoms with van der Waals surface area (Å²) < 4.78 is 19.2. The Labute approximate surface area is 326 Å². The van der Waals surface area contributed by atoms with Crippen LogP contribution in [0.3, 0.4) is 0 Å². The minimum Gasteiger partial charge on any atom is -0.451 e. The fraction of sp³-hybridized carbons (Fsp3) is 0.0385. The maximum Gasteiger partial charge on any atom is 0.175 e. The predicted octanol–water partition coefficient (Wildman–Crippen LogP) is 12.2. The van der Waals surface area contributed by atoms with E-state index in [1.54, 1.807) is 0 Å². The average molecular weight is 721 g/mol. The zero-order valence-electron chi connectivity index (χ0n) is 30.5. The lowest BCUT2D eigenvalue weighted by atomic mass is 9.62. The summed E-state index contributed by atoms with van der Waals surface area (Å²) in [6.07, 6.45) is 4.27. The molecule has 0 atom stereocenters. The first kappa shape index (κ1) is 32.2. The van der Waals surface area contributed by atoms with Crippen molar-refractivity contribution >= 4 is 0 Å². The first-order valence-electron chi connectivity index (χ1n) is 19.1. The van der Waals surface area contributed by atoms with Gasteiger partial charge in [0.25, 0.3) is 0 Å². The van der Waals surface area contributed by atoms with Crippen LogP contribution in [0.25, 0.3) is 11.4 Å². The van der Waals surface area contributed by atoms with Crippen LogP contribution in [-0.4, -0.2) is 9.13 Å². The van der Waals surface area contributed by atoms with Gasteiger partial charge in [-0.15, -0.1) is 0 Å². The molecular weight excluding hydrogens is 685 g/mol. The van der Waals surface area contributed by atoms with Crippen LogP contribution in [0.15, 0.2) is 219 Å². The Bertz CT molecular complexity index is 2550. The third-order valence-electron chi connectivity index (χ3n) is 11.6. The fourth-order valence-electron chi connectivity index (χ4n) is 9.42. The van der Waals surface area contributed by atoms with Crippen LogP contribution >= 0.6 is 0 Å². The number of fused-ring (bicyclic) bond motifs is 5. The molecule has 9 aromatic rings. The zero-order chi connectivity index (χ0) is 37.1. The molecule has 2 aliphatic heterocycles. The summed E-state index contributed by atoms with van der Waals surface area (Å²) in [5, 5.41) is 0. The first-order chi connectivity index (χ1) is 27.8. The van der Waals surface area contributed by atoms with Gasteiger partial charge < -0.3 is 18.6 Å². The molecule has 2 aromatic heterocycles. The van der Waals surface area contributed by atoms with Crippen molar-refractivity contribution in [2.75, 3.05) is 0 Å². The smallest absolute Gasteiger partial charge is 0.175 e. The van der Waals surface area contributed by atoms with Crippen LogP contribution in [-0.2, 0) is 10.8 Å². The lowest BCUT2D eigenvalue weighted by Crippen LogP contribution is -2.39. The average Bonchev–Trinajstić information content (AvgIpc) is 3.92. The molecule has 7 aromatic carbocycles. The van der Waals surface area contributed by atoms with Crippen molar-refractivity contribution in [2.24, 2.45) is 0 Å². The maximum absolute atomic E-state index is 7.30. The quantitative estimate of drug-likeness (QED) is 0.171. The topological polar surface area (TPSA) is 28.3 Å². The van der Waals surface area contributed by atoms with Crippen molar-refractivity contribution < 1.29 is 9.47 Å². The Kier molecular flexibility index (Phi) is 7.26. The summed E-state index contributed by atoms with van der Waals surface area (Å²) in [6.45, 7) is 0. The summed E-state index contributed by atoms with van der Waals surface area (Å²) in [6, 6.07) is 73.2. The summed E-state index contributed by atoms with van der Waals surface area (Å²) in [5.41, 5.74) is 9.22. The largest absolute Gasteiger partial charge is 0.451 e. The van der Waals surface area contributed by atoms with Crippen LogP contribution in [0.2, 0.25) is 0 Å². The summed E-state index contributed by atoms with van der Waals surface area (Å²) >= 11 is 0. The number of ether oxygens (including phenoxy) is 2. The summed E-state index contributed by atoms with van der Waals surface area (Å²) in [4.78, 5) is 0. The second kappa shape index (κ2) is 12.6. The number of rotatable bonds is 6. The van der Waals surface area contributed by atoms with E-state index in [4.69, 9.17) is 9.47 Å². The van der Waals surface area contributed by atoms with Gasteiger partial charge in [0, 0.05) is 34.9 Å². The molecule has 4 heteroatoms. The molecule has 0 saturated heterocycles. The highest BCUT2D eigenvalue weighted by Gasteiger charge is 2.53. The van der Waals surface area contributed by atoms with Crippen LogP contribution in [0.4, 0.5) is 0 Å². The van der Waals surface area contributed by atoms with E-state index in [9.17, 15) is 0 Å². The number of hydrogen-bond donors (Lipinski definition) is 0. The van der Waals surface area contributed by atoms with Gasteiger partial charge in [0.15, 0.2) is 23.0 Å². The number of aromatic nitrogens is 2. The van der Waals surface area contributed by atoms with Gasteiger partial charge in [-0.3, -0.25) is 0 Å². The van der Waals surface area contributed by atoms with E-state index in [0.717, 1.165) is 67.6 Å². The van der Waals surface area contributed by atoms with Gasteiger partial charge >= 0.3 is 0 Å². The van der Waals surface area contributed by atoms with E-state index in [1.807, 2.05) is 0 Å². The van der Waals surface area contributed by atoms with E-state index < -0.39 is 10.8 Å². The third kappa shape index (κ3) is 4.47. The highest BCUT2D eigenvalue weighted by Crippen LogP contribution is 2.64. The standard InChI is InChI=1S/C52H36N2O2/c1-7-19-37(20-8-1)51(38-21-9-2-10-22-38)43-31-32-44-48(47(43)55-45-33-35-53(49(45)51)41-27-15-5-16-28-41)56-46-34-36-54(42-29-17-6-18-30-42)50(46)52(44,39-23-11-3-12-24-39)40-25-13-4-14-26-40/h1-36H. The van der Waals surface area contributed by atoms with E-state index in [1.165, 1.54) is 0 Å². The van der Waals surface area contributed by atoms with E-state index in [2.05, 4.69) is 228 Å². The Balaban J connectivity index is 1.28. The summed E-state index contributed by atoms with van der Waals surface area (Å²) in [7, 11) is 0. The molecular formula is C52H36N2O2. The van der Waals surface area contributed by atoms with Gasteiger partial charge in [-0.05, 0) is 58.7 Å². The van der Waals surface area contributed by atoms with Gasteiger partial charge in [-0.1, -0.05) is 170 Å². The fourth-order valence-corrected chi connectivity index (χ4v) is 9.42. The van der Waals surface area contributed by atoms with Crippen molar-refractivity contribution in [2.45, 2.75) is 10.8 Å².